The van der Waals surface area contributed by atoms with E-state index in [4.69, 9.17) is 9.47 Å². The number of aromatic nitrogens is 1. The van der Waals surface area contributed by atoms with E-state index in [0.717, 1.165) is 28.6 Å². The molecule has 4 nitrogen and oxygen atoms in total. The van der Waals surface area contributed by atoms with E-state index in [1.807, 2.05) is 31.2 Å². The third-order valence-electron chi connectivity index (χ3n) is 2.95. The molecule has 19 heavy (non-hydrogen) atoms. The first-order valence-corrected chi connectivity index (χ1v) is 6.34. The van der Waals surface area contributed by atoms with Gasteiger partial charge in [0.25, 0.3) is 0 Å². The zero-order valence-electron chi connectivity index (χ0n) is 11.4. The molecule has 0 saturated heterocycles. The number of fused-ring (bicyclic) bond motifs is 1. The van der Waals surface area contributed by atoms with E-state index < -0.39 is 0 Å². The van der Waals surface area contributed by atoms with Gasteiger partial charge in [-0.3, -0.25) is 0 Å². The SMILES string of the molecule is CCOC(=O)c1nc2ccc(OC)cc2cc1CC. The Hall–Kier alpha value is -2.10. The summed E-state index contributed by atoms with van der Waals surface area (Å²) >= 11 is 0. The van der Waals surface area contributed by atoms with E-state index in [2.05, 4.69) is 4.98 Å². The van der Waals surface area contributed by atoms with Gasteiger partial charge in [-0.2, -0.15) is 0 Å². The summed E-state index contributed by atoms with van der Waals surface area (Å²) in [6.07, 6.45) is 0.730. The normalized spacial score (nSPS) is 10.5. The highest BCUT2D eigenvalue weighted by molar-refractivity contribution is 5.93. The summed E-state index contributed by atoms with van der Waals surface area (Å²) in [5, 5.41) is 0.962. The fraction of sp³-hybridized carbons (Fsp3) is 0.333. The smallest absolute Gasteiger partial charge is 0.357 e. The predicted octanol–water partition coefficient (Wildman–Crippen LogP) is 2.98. The zero-order chi connectivity index (χ0) is 13.8. The number of carbonyl (C=O) groups is 1. The topological polar surface area (TPSA) is 48.4 Å². The summed E-state index contributed by atoms with van der Waals surface area (Å²) in [6.45, 7) is 4.13. The van der Waals surface area contributed by atoms with Gasteiger partial charge >= 0.3 is 5.97 Å². The molecule has 100 valence electrons. The number of ether oxygens (including phenoxy) is 2. The second-order valence-electron chi connectivity index (χ2n) is 4.13. The van der Waals surface area contributed by atoms with Gasteiger partial charge in [0, 0.05) is 5.39 Å². The van der Waals surface area contributed by atoms with Crippen LogP contribution in [-0.4, -0.2) is 24.7 Å². The molecule has 1 heterocycles. The van der Waals surface area contributed by atoms with Crippen LogP contribution in [0.2, 0.25) is 0 Å². The van der Waals surface area contributed by atoms with Gasteiger partial charge in [-0.1, -0.05) is 6.92 Å². The molecule has 0 spiro atoms. The molecule has 2 rings (SSSR count). The number of esters is 1. The van der Waals surface area contributed by atoms with E-state index >= 15 is 0 Å². The Kier molecular flexibility index (Phi) is 4.00. The minimum absolute atomic E-state index is 0.352. The second kappa shape index (κ2) is 5.69. The molecule has 0 unspecified atom stereocenters. The standard InChI is InChI=1S/C15H17NO3/c1-4-10-8-11-9-12(18-3)6-7-13(11)16-14(10)15(17)19-5-2/h6-9H,4-5H2,1-3H3. The molecule has 0 aliphatic heterocycles. The summed E-state index contributed by atoms with van der Waals surface area (Å²) in [5.74, 6) is 0.414. The Bertz CT molecular complexity index is 608. The van der Waals surface area contributed by atoms with E-state index in [9.17, 15) is 4.79 Å². The Labute approximate surface area is 112 Å². The Morgan fingerprint density at radius 2 is 2.05 bits per heavy atom. The number of hydrogen-bond donors (Lipinski definition) is 0. The van der Waals surface area contributed by atoms with Crippen molar-refractivity contribution < 1.29 is 14.3 Å². The predicted molar refractivity (Wildman–Crippen MR) is 73.6 cm³/mol. The highest BCUT2D eigenvalue weighted by atomic mass is 16.5. The second-order valence-corrected chi connectivity index (χ2v) is 4.13. The van der Waals surface area contributed by atoms with Crippen LogP contribution >= 0.6 is 0 Å². The molecule has 0 atom stereocenters. The third kappa shape index (κ3) is 2.67. The Balaban J connectivity index is 2.56. The lowest BCUT2D eigenvalue weighted by molar-refractivity contribution is 0.0518. The van der Waals surface area contributed by atoms with E-state index in [0.29, 0.717) is 12.3 Å². The van der Waals surface area contributed by atoms with Crippen molar-refractivity contribution in [1.29, 1.82) is 0 Å². The van der Waals surface area contributed by atoms with Crippen LogP contribution in [0.15, 0.2) is 24.3 Å². The van der Waals surface area contributed by atoms with Gasteiger partial charge in [0.05, 0.1) is 19.2 Å². The van der Waals surface area contributed by atoms with E-state index in [1.165, 1.54) is 0 Å². The van der Waals surface area contributed by atoms with Crippen LogP contribution in [0.4, 0.5) is 0 Å². The third-order valence-corrected chi connectivity index (χ3v) is 2.95. The number of aryl methyl sites for hydroxylation is 1. The van der Waals surface area contributed by atoms with Crippen LogP contribution in [0, 0.1) is 0 Å². The van der Waals surface area contributed by atoms with Crippen LogP contribution in [0.25, 0.3) is 10.9 Å². The Morgan fingerprint density at radius 1 is 1.26 bits per heavy atom. The molecular formula is C15H17NO3. The molecule has 0 fully saturated rings. The summed E-state index contributed by atoms with van der Waals surface area (Å²) in [6, 6.07) is 7.56. The van der Waals surface area contributed by atoms with Gasteiger partial charge in [0.2, 0.25) is 0 Å². The van der Waals surface area contributed by atoms with Gasteiger partial charge in [-0.15, -0.1) is 0 Å². The number of hydrogen-bond acceptors (Lipinski definition) is 4. The average Bonchev–Trinajstić information content (AvgIpc) is 2.45. The first kappa shape index (κ1) is 13.3. The quantitative estimate of drug-likeness (QED) is 0.792. The lowest BCUT2D eigenvalue weighted by Crippen LogP contribution is -2.10. The molecule has 0 aliphatic carbocycles. The number of methoxy groups -OCH3 is 1. The Morgan fingerprint density at radius 3 is 2.68 bits per heavy atom. The van der Waals surface area contributed by atoms with Gasteiger partial charge < -0.3 is 9.47 Å². The molecule has 0 saturated carbocycles. The summed E-state index contributed by atoms with van der Waals surface area (Å²) in [4.78, 5) is 16.3. The monoisotopic (exact) mass is 259 g/mol. The summed E-state index contributed by atoms with van der Waals surface area (Å²) in [7, 11) is 1.63. The number of benzene rings is 1. The highest BCUT2D eigenvalue weighted by Crippen LogP contribution is 2.22. The fourth-order valence-electron chi connectivity index (χ4n) is 1.97. The number of carbonyl (C=O) groups excluding carboxylic acids is 1. The lowest BCUT2D eigenvalue weighted by atomic mass is 10.1. The van der Waals surface area contributed by atoms with Crippen LogP contribution in [0.3, 0.4) is 0 Å². The van der Waals surface area contributed by atoms with Crippen LogP contribution < -0.4 is 4.74 Å². The van der Waals surface area contributed by atoms with Crippen molar-refractivity contribution in [2.75, 3.05) is 13.7 Å². The van der Waals surface area contributed by atoms with Crippen molar-refractivity contribution >= 4 is 16.9 Å². The molecular weight excluding hydrogens is 242 g/mol. The van der Waals surface area contributed by atoms with Gasteiger partial charge in [-0.25, -0.2) is 9.78 Å². The van der Waals surface area contributed by atoms with Crippen molar-refractivity contribution in [2.45, 2.75) is 20.3 Å². The largest absolute Gasteiger partial charge is 0.497 e. The van der Waals surface area contributed by atoms with Crippen molar-refractivity contribution in [3.05, 3.63) is 35.5 Å². The van der Waals surface area contributed by atoms with Crippen molar-refractivity contribution in [3.8, 4) is 5.75 Å². The van der Waals surface area contributed by atoms with E-state index in [-0.39, 0.29) is 5.97 Å². The molecule has 0 bridgehead atoms. The first-order chi connectivity index (χ1) is 9.19. The molecule has 1 aromatic heterocycles. The molecule has 2 aromatic rings. The fourth-order valence-corrected chi connectivity index (χ4v) is 1.97. The van der Waals surface area contributed by atoms with Crippen LogP contribution in [0.5, 0.6) is 5.75 Å². The van der Waals surface area contributed by atoms with Crippen molar-refractivity contribution in [2.24, 2.45) is 0 Å². The number of nitrogens with zero attached hydrogens (tertiary/aromatic N) is 1. The van der Waals surface area contributed by atoms with Crippen molar-refractivity contribution in [1.82, 2.24) is 4.98 Å². The molecule has 4 heteroatoms. The lowest BCUT2D eigenvalue weighted by Gasteiger charge is -2.09. The summed E-state index contributed by atoms with van der Waals surface area (Å²) in [5.41, 5.74) is 2.06. The zero-order valence-corrected chi connectivity index (χ0v) is 11.4. The van der Waals surface area contributed by atoms with Crippen molar-refractivity contribution in [3.63, 3.8) is 0 Å². The minimum Gasteiger partial charge on any atom is -0.497 e. The van der Waals surface area contributed by atoms with Crippen LogP contribution in [-0.2, 0) is 11.2 Å². The summed E-state index contributed by atoms with van der Waals surface area (Å²) < 4.78 is 10.2. The van der Waals surface area contributed by atoms with Gasteiger partial charge in [0.1, 0.15) is 5.75 Å². The van der Waals surface area contributed by atoms with Gasteiger partial charge in [0.15, 0.2) is 5.69 Å². The first-order valence-electron chi connectivity index (χ1n) is 6.34. The molecule has 0 N–H and O–H groups in total. The molecule has 0 aliphatic rings. The maximum absolute atomic E-state index is 11.9. The molecule has 0 amide bonds. The highest BCUT2D eigenvalue weighted by Gasteiger charge is 2.15. The average molecular weight is 259 g/mol. The van der Waals surface area contributed by atoms with Gasteiger partial charge in [-0.05, 0) is 43.2 Å². The molecule has 1 aromatic carbocycles. The number of rotatable bonds is 4. The van der Waals surface area contributed by atoms with E-state index in [1.54, 1.807) is 14.0 Å². The minimum atomic E-state index is -0.364. The van der Waals surface area contributed by atoms with Crippen LogP contribution in [0.1, 0.15) is 29.9 Å². The number of pyridine rings is 1. The maximum atomic E-state index is 11.9. The maximum Gasteiger partial charge on any atom is 0.357 e. The molecule has 0 radical (unpaired) electrons.